The summed E-state index contributed by atoms with van der Waals surface area (Å²) < 4.78 is 4.96. The maximum Gasteiger partial charge on any atom is 0.166 e. The van der Waals surface area contributed by atoms with E-state index in [1.807, 2.05) is 17.4 Å². The van der Waals surface area contributed by atoms with Crippen molar-refractivity contribution in [1.82, 2.24) is 19.5 Å². The fourth-order valence-corrected chi connectivity index (χ4v) is 10.1. The zero-order chi connectivity index (χ0) is 41.0. The highest BCUT2D eigenvalue weighted by Gasteiger charge is 2.21. The Labute approximate surface area is 362 Å². The molecular formula is C57H36N4S. The third-order valence-corrected chi connectivity index (χ3v) is 13.0. The van der Waals surface area contributed by atoms with Gasteiger partial charge in [-0.05, 0) is 69.8 Å². The van der Waals surface area contributed by atoms with E-state index in [0.717, 1.165) is 61.2 Å². The monoisotopic (exact) mass is 808 g/mol. The van der Waals surface area contributed by atoms with Gasteiger partial charge in [-0.2, -0.15) is 0 Å². The second-order valence-electron chi connectivity index (χ2n) is 15.6. The third kappa shape index (κ3) is 6.18. The summed E-state index contributed by atoms with van der Waals surface area (Å²) in [6.45, 7) is 0. The van der Waals surface area contributed by atoms with Crippen LogP contribution in [-0.2, 0) is 0 Å². The SMILES string of the molecule is c1ccc(-c2ccc(-c3nc(-c4ccc(-c5ccc6c(c5)sc5ccccc56)cc4)nc(-c4ccccc4-c4ccccc4)n3)c(-n3c4ccccc4c4ccccc43)c2)cc1. The lowest BCUT2D eigenvalue weighted by Crippen LogP contribution is -2.04. The number of rotatable bonds is 7. The van der Waals surface area contributed by atoms with Crippen LogP contribution in [0.3, 0.4) is 0 Å². The predicted molar refractivity (Wildman–Crippen MR) is 260 cm³/mol. The molecule has 12 rings (SSSR count). The zero-order valence-corrected chi connectivity index (χ0v) is 34.3. The molecule has 290 valence electrons. The number of hydrogen-bond donors (Lipinski definition) is 0. The maximum absolute atomic E-state index is 5.40. The summed E-state index contributed by atoms with van der Waals surface area (Å²) in [5.74, 6) is 1.83. The molecule has 0 saturated carbocycles. The molecule has 0 saturated heterocycles. The van der Waals surface area contributed by atoms with Gasteiger partial charge in [-0.3, -0.25) is 0 Å². The van der Waals surface area contributed by atoms with E-state index in [-0.39, 0.29) is 0 Å². The molecule has 3 heterocycles. The number of nitrogens with zero attached hydrogens (tertiary/aromatic N) is 4. The van der Waals surface area contributed by atoms with Crippen LogP contribution in [0, 0.1) is 0 Å². The van der Waals surface area contributed by atoms with Gasteiger partial charge < -0.3 is 4.57 Å². The van der Waals surface area contributed by atoms with Crippen LogP contribution >= 0.6 is 11.3 Å². The summed E-state index contributed by atoms with van der Waals surface area (Å²) in [7, 11) is 0. The summed E-state index contributed by atoms with van der Waals surface area (Å²) in [6.07, 6.45) is 0. The average Bonchev–Trinajstić information content (AvgIpc) is 3.90. The molecule has 0 unspecified atom stereocenters. The van der Waals surface area contributed by atoms with Gasteiger partial charge in [-0.25, -0.2) is 15.0 Å². The highest BCUT2D eigenvalue weighted by atomic mass is 32.1. The quantitative estimate of drug-likeness (QED) is 0.161. The number of benzene rings is 9. The van der Waals surface area contributed by atoms with E-state index >= 15 is 0 Å². The second kappa shape index (κ2) is 14.9. The van der Waals surface area contributed by atoms with E-state index in [0.29, 0.717) is 17.5 Å². The second-order valence-corrected chi connectivity index (χ2v) is 16.7. The van der Waals surface area contributed by atoms with Crippen molar-refractivity contribution < 1.29 is 0 Å². The molecule has 12 aromatic rings. The van der Waals surface area contributed by atoms with E-state index in [1.54, 1.807) is 0 Å². The Morgan fingerprint density at radius 3 is 1.50 bits per heavy atom. The van der Waals surface area contributed by atoms with Crippen molar-refractivity contribution in [3.8, 4) is 73.2 Å². The average molecular weight is 809 g/mol. The molecule has 0 bridgehead atoms. The summed E-state index contributed by atoms with van der Waals surface area (Å²) in [4.78, 5) is 16.0. The van der Waals surface area contributed by atoms with Gasteiger partial charge in [0.2, 0.25) is 0 Å². The molecule has 9 aromatic carbocycles. The topological polar surface area (TPSA) is 43.6 Å². The van der Waals surface area contributed by atoms with Crippen LogP contribution in [0.5, 0.6) is 0 Å². The highest BCUT2D eigenvalue weighted by molar-refractivity contribution is 7.25. The van der Waals surface area contributed by atoms with Gasteiger partial charge in [-0.1, -0.05) is 182 Å². The standard InChI is InChI=1S/C57H36N4S/c1-3-15-37(16-4-1)41-32-34-49(52(35-41)61-50-24-12-9-20-44(50)45-21-10-13-25-51(45)61)57-59-55(58-56(60-57)48-23-8-7-19-43(48)39-17-5-2-6-18-39)40-29-27-38(28-30-40)42-31-33-47-46-22-11-14-26-53(46)62-54(47)36-42/h1-36H. The van der Waals surface area contributed by atoms with Gasteiger partial charge in [0.15, 0.2) is 17.5 Å². The van der Waals surface area contributed by atoms with Crippen molar-refractivity contribution in [2.75, 3.05) is 0 Å². The van der Waals surface area contributed by atoms with E-state index in [1.165, 1.54) is 36.5 Å². The molecule has 62 heavy (non-hydrogen) atoms. The van der Waals surface area contributed by atoms with E-state index in [4.69, 9.17) is 15.0 Å². The Hall–Kier alpha value is -7.99. The Balaban J connectivity index is 1.07. The summed E-state index contributed by atoms with van der Waals surface area (Å²) >= 11 is 1.84. The fraction of sp³-hybridized carbons (Fsp3) is 0. The molecule has 0 radical (unpaired) electrons. The van der Waals surface area contributed by atoms with E-state index < -0.39 is 0 Å². The first-order chi connectivity index (χ1) is 30.7. The van der Waals surface area contributed by atoms with Crippen LogP contribution in [0.2, 0.25) is 0 Å². The normalized spacial score (nSPS) is 11.5. The zero-order valence-electron chi connectivity index (χ0n) is 33.5. The Morgan fingerprint density at radius 1 is 0.290 bits per heavy atom. The van der Waals surface area contributed by atoms with Crippen molar-refractivity contribution in [1.29, 1.82) is 0 Å². The lowest BCUT2D eigenvalue weighted by Gasteiger charge is -2.17. The minimum atomic E-state index is 0.601. The van der Waals surface area contributed by atoms with Crippen molar-refractivity contribution in [3.05, 3.63) is 218 Å². The number of para-hydroxylation sites is 2. The molecule has 0 fully saturated rings. The maximum atomic E-state index is 5.40. The summed E-state index contributed by atoms with van der Waals surface area (Å²) in [5.41, 5.74) is 12.7. The van der Waals surface area contributed by atoms with Gasteiger partial charge in [0.05, 0.1) is 16.7 Å². The molecule has 0 aliphatic carbocycles. The number of aromatic nitrogens is 4. The first-order valence-corrected chi connectivity index (χ1v) is 21.7. The molecule has 0 aliphatic rings. The lowest BCUT2D eigenvalue weighted by atomic mass is 9.98. The van der Waals surface area contributed by atoms with Crippen molar-refractivity contribution in [2.45, 2.75) is 0 Å². The van der Waals surface area contributed by atoms with Crippen LogP contribution in [-0.4, -0.2) is 19.5 Å². The fourth-order valence-electron chi connectivity index (χ4n) is 8.91. The van der Waals surface area contributed by atoms with Gasteiger partial charge in [-0.15, -0.1) is 11.3 Å². The molecule has 0 aliphatic heterocycles. The van der Waals surface area contributed by atoms with Crippen LogP contribution in [0.25, 0.3) is 115 Å². The molecular weight excluding hydrogens is 773 g/mol. The third-order valence-electron chi connectivity index (χ3n) is 11.9. The molecule has 0 atom stereocenters. The Kier molecular flexibility index (Phi) is 8.65. The minimum absolute atomic E-state index is 0.601. The van der Waals surface area contributed by atoms with Gasteiger partial charge in [0, 0.05) is 47.6 Å². The van der Waals surface area contributed by atoms with Crippen molar-refractivity contribution in [2.24, 2.45) is 0 Å². The molecule has 4 nitrogen and oxygen atoms in total. The van der Waals surface area contributed by atoms with E-state index in [9.17, 15) is 0 Å². The summed E-state index contributed by atoms with van der Waals surface area (Å²) in [6, 6.07) is 77.4. The van der Waals surface area contributed by atoms with Crippen LogP contribution < -0.4 is 0 Å². The van der Waals surface area contributed by atoms with Gasteiger partial charge in [0.25, 0.3) is 0 Å². The first-order valence-electron chi connectivity index (χ1n) is 20.8. The van der Waals surface area contributed by atoms with Crippen LogP contribution in [0.4, 0.5) is 0 Å². The number of fused-ring (bicyclic) bond motifs is 6. The molecule has 5 heteroatoms. The molecule has 0 spiro atoms. The largest absolute Gasteiger partial charge is 0.308 e. The van der Waals surface area contributed by atoms with Crippen LogP contribution in [0.15, 0.2) is 218 Å². The highest BCUT2D eigenvalue weighted by Crippen LogP contribution is 2.40. The van der Waals surface area contributed by atoms with Crippen LogP contribution in [0.1, 0.15) is 0 Å². The van der Waals surface area contributed by atoms with Gasteiger partial charge >= 0.3 is 0 Å². The number of hydrogen-bond acceptors (Lipinski definition) is 4. The number of thiophene rings is 1. The molecule has 0 N–H and O–H groups in total. The first kappa shape index (κ1) is 35.9. The molecule has 0 amide bonds. The Bertz CT molecular complexity index is 3570. The summed E-state index contributed by atoms with van der Waals surface area (Å²) in [5, 5.41) is 4.99. The minimum Gasteiger partial charge on any atom is -0.308 e. The van der Waals surface area contributed by atoms with Crippen molar-refractivity contribution >= 4 is 53.3 Å². The molecule has 3 aromatic heterocycles. The van der Waals surface area contributed by atoms with Gasteiger partial charge in [0.1, 0.15) is 0 Å². The Morgan fingerprint density at radius 2 is 0.774 bits per heavy atom. The lowest BCUT2D eigenvalue weighted by molar-refractivity contribution is 1.06. The predicted octanol–water partition coefficient (Wildman–Crippen LogP) is 15.3. The van der Waals surface area contributed by atoms with E-state index in [2.05, 4.69) is 217 Å². The smallest absolute Gasteiger partial charge is 0.166 e. The van der Waals surface area contributed by atoms with Crippen molar-refractivity contribution in [3.63, 3.8) is 0 Å².